The minimum Gasteiger partial charge on any atom is -0.504 e. The van der Waals surface area contributed by atoms with E-state index in [1.54, 1.807) is 12.3 Å². The van der Waals surface area contributed by atoms with Crippen LogP contribution >= 0.6 is 0 Å². The first-order chi connectivity index (χ1) is 11.6. The third kappa shape index (κ3) is 5.10. The fraction of sp³-hybridized carbons (Fsp3) is 0.350. The van der Waals surface area contributed by atoms with Gasteiger partial charge in [-0.25, -0.2) is 0 Å². The summed E-state index contributed by atoms with van der Waals surface area (Å²) in [4.78, 5) is 6.72. The number of para-hydroxylation sites is 1. The smallest absolute Gasteiger partial charge is 0.166 e. The van der Waals surface area contributed by atoms with E-state index < -0.39 is 0 Å². The molecular weight excluding hydrogens is 300 g/mol. The van der Waals surface area contributed by atoms with E-state index in [0.717, 1.165) is 6.42 Å². The van der Waals surface area contributed by atoms with E-state index in [1.165, 1.54) is 5.56 Å². The number of ether oxygens (including phenoxy) is 1. The maximum atomic E-state index is 10.2. The zero-order valence-electron chi connectivity index (χ0n) is 14.6. The lowest BCUT2D eigenvalue weighted by molar-refractivity contribution is 0.298. The summed E-state index contributed by atoms with van der Waals surface area (Å²) >= 11 is 0. The molecule has 0 spiro atoms. The van der Waals surface area contributed by atoms with Crippen molar-refractivity contribution in [2.24, 2.45) is 4.99 Å². The Morgan fingerprint density at radius 3 is 2.54 bits per heavy atom. The number of phenolic OH excluding ortho intramolecular Hbond substituents is 1. The first kappa shape index (κ1) is 18.0. The quantitative estimate of drug-likeness (QED) is 0.756. The van der Waals surface area contributed by atoms with Crippen molar-refractivity contribution < 1.29 is 9.84 Å². The van der Waals surface area contributed by atoms with Gasteiger partial charge in [0.05, 0.1) is 13.2 Å². The third-order valence-electron chi connectivity index (χ3n) is 3.92. The third-order valence-corrected chi connectivity index (χ3v) is 3.92. The van der Waals surface area contributed by atoms with Crippen LogP contribution in [0.1, 0.15) is 18.1 Å². The van der Waals surface area contributed by atoms with E-state index in [-0.39, 0.29) is 5.75 Å². The van der Waals surface area contributed by atoms with Gasteiger partial charge in [-0.15, -0.1) is 0 Å². The number of likely N-dealkylation sites (N-methyl/N-ethyl adjacent to an activating group) is 1. The van der Waals surface area contributed by atoms with E-state index in [1.807, 2.05) is 25.1 Å². The average molecular weight is 326 g/mol. The maximum absolute atomic E-state index is 10.2. The summed E-state index contributed by atoms with van der Waals surface area (Å²) in [5.41, 5.74) is 1.98. The van der Waals surface area contributed by atoms with Crippen LogP contribution in [0, 0.1) is 0 Å². The topological polar surface area (TPSA) is 45.1 Å². The van der Waals surface area contributed by atoms with Crippen molar-refractivity contribution in [2.45, 2.75) is 19.4 Å². The summed E-state index contributed by atoms with van der Waals surface area (Å²) in [6, 6.07) is 16.2. The molecule has 1 N–H and O–H groups in total. The molecule has 4 heteroatoms. The number of aromatic hydroxyl groups is 1. The minimum absolute atomic E-state index is 0.146. The first-order valence-electron chi connectivity index (χ1n) is 8.26. The van der Waals surface area contributed by atoms with Crippen molar-refractivity contribution in [3.63, 3.8) is 0 Å². The number of hydrogen-bond acceptors (Lipinski definition) is 4. The Kier molecular flexibility index (Phi) is 6.82. The standard InChI is InChI=1S/C20H26N2O2/c1-4-24-19-12-8-11-17(20(19)23)14-21-15-18(22(2)3)13-16-9-6-5-7-10-16/h5-12,14,18,23H,4,13,15H2,1-3H3/t18-/m1/s1. The van der Waals surface area contributed by atoms with Crippen LogP contribution in [0.5, 0.6) is 11.5 Å². The zero-order chi connectivity index (χ0) is 17.4. The van der Waals surface area contributed by atoms with Gasteiger partial charge in [-0.1, -0.05) is 36.4 Å². The Morgan fingerprint density at radius 1 is 1.12 bits per heavy atom. The molecule has 0 aliphatic rings. The Balaban J connectivity index is 2.04. The second-order valence-corrected chi connectivity index (χ2v) is 5.93. The number of aliphatic imine (C=N–C) groups is 1. The molecule has 24 heavy (non-hydrogen) atoms. The van der Waals surface area contributed by atoms with Gasteiger partial charge in [0.1, 0.15) is 0 Å². The van der Waals surface area contributed by atoms with Crippen LogP contribution in [0.25, 0.3) is 0 Å². The van der Waals surface area contributed by atoms with Crippen molar-refractivity contribution in [3.8, 4) is 11.5 Å². The second-order valence-electron chi connectivity index (χ2n) is 5.93. The van der Waals surface area contributed by atoms with E-state index in [9.17, 15) is 5.11 Å². The SMILES string of the molecule is CCOc1cccc(C=NC[C@@H](Cc2ccccc2)N(C)C)c1O. The highest BCUT2D eigenvalue weighted by atomic mass is 16.5. The van der Waals surface area contributed by atoms with Gasteiger partial charge >= 0.3 is 0 Å². The number of rotatable bonds is 8. The van der Waals surface area contributed by atoms with Gasteiger partial charge in [0.2, 0.25) is 0 Å². The molecule has 0 aromatic heterocycles. The van der Waals surface area contributed by atoms with Crippen LogP contribution in [-0.2, 0) is 6.42 Å². The van der Waals surface area contributed by atoms with Gasteiger partial charge in [0.15, 0.2) is 11.5 Å². The van der Waals surface area contributed by atoms with Crippen molar-refractivity contribution in [1.82, 2.24) is 4.90 Å². The van der Waals surface area contributed by atoms with Crippen LogP contribution in [0.2, 0.25) is 0 Å². The van der Waals surface area contributed by atoms with Crippen molar-refractivity contribution >= 4 is 6.21 Å². The molecule has 1 atom stereocenters. The van der Waals surface area contributed by atoms with E-state index in [0.29, 0.717) is 30.5 Å². The Labute approximate surface area is 144 Å². The van der Waals surface area contributed by atoms with Crippen molar-refractivity contribution in [3.05, 3.63) is 59.7 Å². The van der Waals surface area contributed by atoms with Gasteiger partial charge in [0, 0.05) is 17.8 Å². The number of nitrogens with zero attached hydrogens (tertiary/aromatic N) is 2. The maximum Gasteiger partial charge on any atom is 0.166 e. The lowest BCUT2D eigenvalue weighted by atomic mass is 10.1. The van der Waals surface area contributed by atoms with Gasteiger partial charge in [-0.2, -0.15) is 0 Å². The van der Waals surface area contributed by atoms with Gasteiger partial charge in [-0.05, 0) is 45.1 Å². The highest BCUT2D eigenvalue weighted by molar-refractivity contribution is 5.84. The normalized spacial score (nSPS) is 12.7. The average Bonchev–Trinajstić information content (AvgIpc) is 2.58. The van der Waals surface area contributed by atoms with Gasteiger partial charge in [0.25, 0.3) is 0 Å². The molecule has 0 radical (unpaired) electrons. The lowest BCUT2D eigenvalue weighted by Gasteiger charge is -2.22. The van der Waals surface area contributed by atoms with Crippen LogP contribution in [0.15, 0.2) is 53.5 Å². The van der Waals surface area contributed by atoms with Crippen LogP contribution in [0.4, 0.5) is 0 Å². The first-order valence-corrected chi connectivity index (χ1v) is 8.26. The minimum atomic E-state index is 0.146. The molecule has 0 amide bonds. The monoisotopic (exact) mass is 326 g/mol. The van der Waals surface area contributed by atoms with E-state index >= 15 is 0 Å². The van der Waals surface area contributed by atoms with E-state index in [4.69, 9.17) is 4.74 Å². The molecule has 4 nitrogen and oxygen atoms in total. The Morgan fingerprint density at radius 2 is 1.88 bits per heavy atom. The predicted molar refractivity (Wildman–Crippen MR) is 99.4 cm³/mol. The van der Waals surface area contributed by atoms with E-state index in [2.05, 4.69) is 48.3 Å². The fourth-order valence-electron chi connectivity index (χ4n) is 2.48. The molecule has 0 heterocycles. The van der Waals surface area contributed by atoms with Crippen LogP contribution in [0.3, 0.4) is 0 Å². The molecule has 0 saturated carbocycles. The molecule has 0 fully saturated rings. The highest BCUT2D eigenvalue weighted by Crippen LogP contribution is 2.28. The molecule has 0 bridgehead atoms. The summed E-state index contributed by atoms with van der Waals surface area (Å²) in [5.74, 6) is 0.641. The molecule has 0 saturated heterocycles. The number of hydrogen-bond donors (Lipinski definition) is 1. The van der Waals surface area contributed by atoms with Gasteiger partial charge in [-0.3, -0.25) is 4.99 Å². The summed E-state index contributed by atoms with van der Waals surface area (Å²) in [7, 11) is 4.13. The molecular formula is C20H26N2O2. The zero-order valence-corrected chi connectivity index (χ0v) is 14.6. The molecule has 0 unspecified atom stereocenters. The summed E-state index contributed by atoms with van der Waals surface area (Å²) in [5, 5.41) is 10.2. The van der Waals surface area contributed by atoms with Crippen molar-refractivity contribution in [1.29, 1.82) is 0 Å². The molecule has 2 aromatic carbocycles. The largest absolute Gasteiger partial charge is 0.504 e. The molecule has 0 aliphatic heterocycles. The summed E-state index contributed by atoms with van der Waals surface area (Å²) in [6.07, 6.45) is 2.66. The lowest BCUT2D eigenvalue weighted by Crippen LogP contribution is -2.32. The Bertz CT molecular complexity index is 654. The van der Waals surface area contributed by atoms with Crippen molar-refractivity contribution in [2.75, 3.05) is 27.2 Å². The molecule has 2 aromatic rings. The number of benzene rings is 2. The molecule has 0 aliphatic carbocycles. The second kappa shape index (κ2) is 9.08. The predicted octanol–water partition coefficient (Wildman–Crippen LogP) is 3.38. The molecule has 2 rings (SSSR count). The number of phenols is 1. The fourth-order valence-corrected chi connectivity index (χ4v) is 2.48. The Hall–Kier alpha value is -2.33. The summed E-state index contributed by atoms with van der Waals surface area (Å²) in [6.45, 7) is 3.08. The summed E-state index contributed by atoms with van der Waals surface area (Å²) < 4.78 is 5.40. The van der Waals surface area contributed by atoms with Crippen LogP contribution in [-0.4, -0.2) is 49.5 Å². The molecule has 128 valence electrons. The highest BCUT2D eigenvalue weighted by Gasteiger charge is 2.11. The van der Waals surface area contributed by atoms with Crippen LogP contribution < -0.4 is 4.74 Å². The van der Waals surface area contributed by atoms with Gasteiger partial charge < -0.3 is 14.7 Å².